The van der Waals surface area contributed by atoms with Crippen LogP contribution in [-0.4, -0.2) is 19.5 Å². The lowest BCUT2D eigenvalue weighted by molar-refractivity contribution is 0.777. The van der Waals surface area contributed by atoms with Gasteiger partial charge in [0.15, 0.2) is 5.65 Å². The van der Waals surface area contributed by atoms with Crippen LogP contribution in [0.15, 0.2) is 18.9 Å². The van der Waals surface area contributed by atoms with E-state index in [4.69, 9.17) is 0 Å². The first-order chi connectivity index (χ1) is 5.42. The second kappa shape index (κ2) is 3.49. The maximum atomic E-state index is 4.13. The minimum atomic E-state index is 0. The second-order valence-electron chi connectivity index (χ2n) is 2.26. The van der Waals surface area contributed by atoms with Crippen molar-refractivity contribution < 1.29 is 0 Å². The first-order valence-electron chi connectivity index (χ1n) is 3.52. The molecule has 0 N–H and O–H groups in total. The number of hydrogen-bond acceptors (Lipinski definition) is 3. The summed E-state index contributed by atoms with van der Waals surface area (Å²) in [5.41, 5.74) is 1.76. The molecule has 0 bridgehead atoms. The Morgan fingerprint density at radius 1 is 1.42 bits per heavy atom. The third-order valence-electron chi connectivity index (χ3n) is 1.62. The maximum absolute atomic E-state index is 4.13. The summed E-state index contributed by atoms with van der Waals surface area (Å²) in [5.74, 6) is 0. The van der Waals surface area contributed by atoms with Crippen LogP contribution in [0.5, 0.6) is 0 Å². The molecule has 0 aliphatic carbocycles. The van der Waals surface area contributed by atoms with Crippen molar-refractivity contribution >= 4 is 23.6 Å². The highest BCUT2D eigenvalue weighted by molar-refractivity contribution is 5.85. The van der Waals surface area contributed by atoms with Gasteiger partial charge in [-0.3, -0.25) is 0 Å². The molecule has 5 heteroatoms. The minimum absolute atomic E-state index is 0. The van der Waals surface area contributed by atoms with E-state index < -0.39 is 0 Å². The van der Waals surface area contributed by atoms with Crippen LogP contribution in [0, 0.1) is 0 Å². The van der Waals surface area contributed by atoms with Gasteiger partial charge in [0.05, 0.1) is 12.5 Å². The van der Waals surface area contributed by atoms with Gasteiger partial charge >= 0.3 is 0 Å². The molecule has 2 aromatic rings. The molecule has 0 atom stereocenters. The van der Waals surface area contributed by atoms with Gasteiger partial charge < -0.3 is 4.57 Å². The Morgan fingerprint density at radius 3 is 3.00 bits per heavy atom. The molecule has 4 nitrogen and oxygen atoms in total. The smallest absolute Gasteiger partial charge is 0.163 e. The molecule has 64 valence electrons. The lowest BCUT2D eigenvalue weighted by Crippen LogP contribution is -1.92. The molecule has 0 saturated carbocycles. The van der Waals surface area contributed by atoms with Crippen LogP contribution in [0.1, 0.15) is 6.92 Å². The molecule has 2 heterocycles. The Morgan fingerprint density at radius 2 is 2.25 bits per heavy atom. The van der Waals surface area contributed by atoms with Crippen molar-refractivity contribution in [1.29, 1.82) is 0 Å². The number of halogens is 1. The fourth-order valence-electron chi connectivity index (χ4n) is 1.05. The van der Waals surface area contributed by atoms with Gasteiger partial charge in [-0.15, -0.1) is 12.4 Å². The standard InChI is InChI=1S/C7H8N4.ClH/c1-2-11-5-10-6-3-8-4-9-7(6)11;/h3-5H,2H2,1H3;1H. The number of hydrogen-bond donors (Lipinski definition) is 0. The lowest BCUT2D eigenvalue weighted by Gasteiger charge is -1.94. The third-order valence-corrected chi connectivity index (χ3v) is 1.62. The van der Waals surface area contributed by atoms with Gasteiger partial charge in [0.25, 0.3) is 0 Å². The number of fused-ring (bicyclic) bond motifs is 1. The van der Waals surface area contributed by atoms with Crippen molar-refractivity contribution in [2.75, 3.05) is 0 Å². The van der Waals surface area contributed by atoms with Crippen molar-refractivity contribution in [1.82, 2.24) is 19.5 Å². The summed E-state index contributed by atoms with van der Waals surface area (Å²) in [6.45, 7) is 2.96. The molecule has 0 aliphatic rings. The number of aromatic nitrogens is 4. The molecule has 2 aromatic heterocycles. The van der Waals surface area contributed by atoms with Crippen LogP contribution >= 0.6 is 12.4 Å². The molecule has 0 aliphatic heterocycles. The van der Waals surface area contributed by atoms with Gasteiger partial charge in [-0.2, -0.15) is 0 Å². The fraction of sp³-hybridized carbons (Fsp3) is 0.286. The zero-order valence-corrected chi connectivity index (χ0v) is 7.45. The highest BCUT2D eigenvalue weighted by atomic mass is 35.5. The molecule has 0 radical (unpaired) electrons. The monoisotopic (exact) mass is 184 g/mol. The molecule has 0 unspecified atom stereocenters. The zero-order chi connectivity index (χ0) is 7.68. The predicted molar refractivity (Wildman–Crippen MR) is 48.2 cm³/mol. The topological polar surface area (TPSA) is 43.6 Å². The van der Waals surface area contributed by atoms with Crippen LogP contribution in [0.3, 0.4) is 0 Å². The molecule has 0 spiro atoms. The molecule has 12 heavy (non-hydrogen) atoms. The Hall–Kier alpha value is -1.16. The summed E-state index contributed by atoms with van der Waals surface area (Å²) in [4.78, 5) is 12.1. The van der Waals surface area contributed by atoms with Gasteiger partial charge in [0.1, 0.15) is 11.8 Å². The predicted octanol–water partition coefficient (Wildman–Crippen LogP) is 1.27. The van der Waals surface area contributed by atoms with Gasteiger partial charge in [0.2, 0.25) is 0 Å². The van der Waals surface area contributed by atoms with Crippen molar-refractivity contribution in [3.05, 3.63) is 18.9 Å². The minimum Gasteiger partial charge on any atom is -0.315 e. The lowest BCUT2D eigenvalue weighted by atomic mass is 10.5. The quantitative estimate of drug-likeness (QED) is 0.671. The van der Waals surface area contributed by atoms with Crippen LogP contribution < -0.4 is 0 Å². The molecular formula is C7H9ClN4. The molecule has 0 fully saturated rings. The summed E-state index contributed by atoms with van der Waals surface area (Å²) < 4.78 is 1.98. The Bertz CT molecular complexity index is 370. The van der Waals surface area contributed by atoms with E-state index in [9.17, 15) is 0 Å². The van der Waals surface area contributed by atoms with E-state index in [0.717, 1.165) is 17.7 Å². The zero-order valence-electron chi connectivity index (χ0n) is 6.64. The highest BCUT2D eigenvalue weighted by Gasteiger charge is 1.99. The maximum Gasteiger partial charge on any atom is 0.163 e. The number of imidazole rings is 1. The first kappa shape index (κ1) is 8.93. The summed E-state index contributed by atoms with van der Waals surface area (Å²) in [5, 5.41) is 0. The average Bonchev–Trinajstić information content (AvgIpc) is 2.47. The van der Waals surface area contributed by atoms with Crippen LogP contribution in [-0.2, 0) is 6.54 Å². The SMILES string of the molecule is CCn1cnc2cncnc21.Cl. The van der Waals surface area contributed by atoms with E-state index in [1.165, 1.54) is 6.33 Å². The van der Waals surface area contributed by atoms with E-state index in [2.05, 4.69) is 21.9 Å². The van der Waals surface area contributed by atoms with Crippen molar-refractivity contribution in [3.8, 4) is 0 Å². The van der Waals surface area contributed by atoms with E-state index in [1.54, 1.807) is 12.5 Å². The van der Waals surface area contributed by atoms with Crippen molar-refractivity contribution in [2.24, 2.45) is 0 Å². The average molecular weight is 185 g/mol. The number of rotatable bonds is 1. The Labute approximate surface area is 76.1 Å². The summed E-state index contributed by atoms with van der Waals surface area (Å²) >= 11 is 0. The van der Waals surface area contributed by atoms with Gasteiger partial charge in [0, 0.05) is 6.54 Å². The molecular weight excluding hydrogens is 176 g/mol. The third kappa shape index (κ3) is 1.25. The molecule has 0 aromatic carbocycles. The van der Waals surface area contributed by atoms with Gasteiger partial charge in [-0.1, -0.05) is 0 Å². The Balaban J connectivity index is 0.000000720. The van der Waals surface area contributed by atoms with Crippen molar-refractivity contribution in [2.45, 2.75) is 13.5 Å². The Kier molecular flexibility index (Phi) is 2.60. The summed E-state index contributed by atoms with van der Waals surface area (Å²) in [6.07, 6.45) is 5.03. The fourth-order valence-corrected chi connectivity index (χ4v) is 1.05. The molecule has 2 rings (SSSR count). The highest BCUT2D eigenvalue weighted by Crippen LogP contribution is 2.05. The number of aryl methyl sites for hydroxylation is 1. The van der Waals surface area contributed by atoms with Crippen LogP contribution in [0.25, 0.3) is 11.2 Å². The molecule has 0 amide bonds. The van der Waals surface area contributed by atoms with Crippen LogP contribution in [0.2, 0.25) is 0 Å². The molecule has 0 saturated heterocycles. The van der Waals surface area contributed by atoms with Gasteiger partial charge in [-0.05, 0) is 6.92 Å². The van der Waals surface area contributed by atoms with E-state index in [-0.39, 0.29) is 12.4 Å². The van der Waals surface area contributed by atoms with Gasteiger partial charge in [-0.25, -0.2) is 15.0 Å². The first-order valence-corrected chi connectivity index (χ1v) is 3.52. The second-order valence-corrected chi connectivity index (χ2v) is 2.26. The van der Waals surface area contributed by atoms with Crippen LogP contribution in [0.4, 0.5) is 0 Å². The largest absolute Gasteiger partial charge is 0.315 e. The van der Waals surface area contributed by atoms with Crippen molar-refractivity contribution in [3.63, 3.8) is 0 Å². The van der Waals surface area contributed by atoms with E-state index >= 15 is 0 Å². The van der Waals surface area contributed by atoms with E-state index in [1.807, 2.05) is 4.57 Å². The van der Waals surface area contributed by atoms with E-state index in [0.29, 0.717) is 0 Å². The summed E-state index contributed by atoms with van der Waals surface area (Å²) in [7, 11) is 0. The number of nitrogens with zero attached hydrogens (tertiary/aromatic N) is 4. The summed E-state index contributed by atoms with van der Waals surface area (Å²) in [6, 6.07) is 0. The normalized spacial score (nSPS) is 9.75.